The Balaban J connectivity index is 1.98. The number of aliphatic imine (C=N–C) groups is 1. The van der Waals surface area contributed by atoms with Crippen LogP contribution in [0.5, 0.6) is 5.75 Å². The van der Waals surface area contributed by atoms with Crippen LogP contribution in [-0.4, -0.2) is 50.8 Å². The molecule has 0 bridgehead atoms. The lowest BCUT2D eigenvalue weighted by molar-refractivity contribution is -0.0498. The minimum absolute atomic E-state index is 0.152. The molecule has 0 amide bonds. The molecule has 0 spiro atoms. The summed E-state index contributed by atoms with van der Waals surface area (Å²) in [6.45, 7) is 2.84. The first-order chi connectivity index (χ1) is 11.6. The number of hydrogen-bond acceptors (Lipinski definition) is 3. The normalized spacial score (nSPS) is 18.0. The van der Waals surface area contributed by atoms with Crippen molar-refractivity contribution in [2.24, 2.45) is 10.9 Å². The van der Waals surface area contributed by atoms with Gasteiger partial charge in [0.2, 0.25) is 0 Å². The zero-order valence-electron chi connectivity index (χ0n) is 14.2. The van der Waals surface area contributed by atoms with Crippen LogP contribution in [-0.2, 0) is 11.3 Å². The van der Waals surface area contributed by atoms with Gasteiger partial charge in [-0.2, -0.15) is 8.78 Å². The highest BCUT2D eigenvalue weighted by atomic mass is 19.3. The van der Waals surface area contributed by atoms with Crippen LogP contribution in [0.15, 0.2) is 29.3 Å². The molecule has 7 heteroatoms. The molecule has 0 radical (unpaired) electrons. The summed E-state index contributed by atoms with van der Waals surface area (Å²) in [5.41, 5.74) is 0.821. The van der Waals surface area contributed by atoms with Crippen molar-refractivity contribution in [3.63, 3.8) is 0 Å². The van der Waals surface area contributed by atoms with Crippen molar-refractivity contribution in [3.8, 4) is 5.75 Å². The van der Waals surface area contributed by atoms with E-state index in [4.69, 9.17) is 4.74 Å². The molecule has 134 valence electrons. The van der Waals surface area contributed by atoms with Gasteiger partial charge in [0.25, 0.3) is 0 Å². The molecule has 0 saturated carbocycles. The van der Waals surface area contributed by atoms with Crippen LogP contribution >= 0.6 is 0 Å². The quantitative estimate of drug-likeness (QED) is 0.612. The Morgan fingerprint density at radius 3 is 3.00 bits per heavy atom. The molecule has 1 N–H and O–H groups in total. The van der Waals surface area contributed by atoms with E-state index >= 15 is 0 Å². The number of nitrogens with zero attached hydrogens (tertiary/aromatic N) is 2. The average Bonchev–Trinajstić information content (AvgIpc) is 3.04. The van der Waals surface area contributed by atoms with Gasteiger partial charge < -0.3 is 19.7 Å². The fraction of sp³-hybridized carbons (Fsp3) is 0.588. The number of guanidine groups is 1. The molecule has 1 aromatic carbocycles. The van der Waals surface area contributed by atoms with Gasteiger partial charge in [-0.25, -0.2) is 4.99 Å². The molecule has 1 aromatic rings. The highest BCUT2D eigenvalue weighted by molar-refractivity contribution is 5.79. The second-order valence-electron chi connectivity index (χ2n) is 5.81. The molecule has 1 unspecified atom stereocenters. The number of alkyl halides is 2. The molecule has 1 aliphatic rings. The Hall–Kier alpha value is -1.89. The second-order valence-corrected chi connectivity index (χ2v) is 5.81. The van der Waals surface area contributed by atoms with Crippen molar-refractivity contribution < 1.29 is 18.3 Å². The first-order valence-corrected chi connectivity index (χ1v) is 8.19. The summed E-state index contributed by atoms with van der Waals surface area (Å²) < 4.78 is 34.4. The standard InChI is InChI=1S/C17H25F2N3O2/c1-3-20-17(22(2)11-14-7-8-23-12-14)21-10-13-5-4-6-15(9-13)24-16(18)19/h4-6,9,14,16H,3,7-8,10-12H2,1-2H3,(H,20,21). The predicted octanol–water partition coefficient (Wildman–Crippen LogP) is 2.72. The number of hydrogen-bond donors (Lipinski definition) is 1. The van der Waals surface area contributed by atoms with Gasteiger partial charge in [0, 0.05) is 32.7 Å². The summed E-state index contributed by atoms with van der Waals surface area (Å²) in [4.78, 5) is 6.68. The number of ether oxygens (including phenoxy) is 2. The second kappa shape index (κ2) is 9.42. The van der Waals surface area contributed by atoms with Gasteiger partial charge >= 0.3 is 6.61 Å². The van der Waals surface area contributed by atoms with Crippen molar-refractivity contribution in [1.29, 1.82) is 0 Å². The van der Waals surface area contributed by atoms with E-state index < -0.39 is 6.61 Å². The molecule has 2 rings (SSSR count). The van der Waals surface area contributed by atoms with Crippen LogP contribution in [0, 0.1) is 5.92 Å². The van der Waals surface area contributed by atoms with E-state index in [1.165, 1.54) is 6.07 Å². The van der Waals surface area contributed by atoms with Gasteiger partial charge in [0.15, 0.2) is 5.96 Å². The number of rotatable bonds is 7. The van der Waals surface area contributed by atoms with Crippen LogP contribution in [0.3, 0.4) is 0 Å². The molecule has 1 atom stereocenters. The monoisotopic (exact) mass is 341 g/mol. The van der Waals surface area contributed by atoms with Crippen LogP contribution in [0.4, 0.5) is 8.78 Å². The fourth-order valence-corrected chi connectivity index (χ4v) is 2.66. The van der Waals surface area contributed by atoms with E-state index in [1.54, 1.807) is 12.1 Å². The average molecular weight is 341 g/mol. The summed E-state index contributed by atoms with van der Waals surface area (Å²) in [6.07, 6.45) is 1.07. The van der Waals surface area contributed by atoms with Gasteiger partial charge in [0.05, 0.1) is 13.2 Å². The Morgan fingerprint density at radius 1 is 1.50 bits per heavy atom. The first-order valence-electron chi connectivity index (χ1n) is 8.19. The molecule has 1 fully saturated rings. The largest absolute Gasteiger partial charge is 0.435 e. The van der Waals surface area contributed by atoms with E-state index in [1.807, 2.05) is 20.0 Å². The first kappa shape index (κ1) is 18.4. The van der Waals surface area contributed by atoms with Crippen molar-refractivity contribution in [1.82, 2.24) is 10.2 Å². The lowest BCUT2D eigenvalue weighted by Gasteiger charge is -2.24. The van der Waals surface area contributed by atoms with Crippen LogP contribution in [0.1, 0.15) is 18.9 Å². The minimum atomic E-state index is -2.82. The van der Waals surface area contributed by atoms with Crippen molar-refractivity contribution in [2.45, 2.75) is 26.5 Å². The van der Waals surface area contributed by atoms with Gasteiger partial charge in [-0.15, -0.1) is 0 Å². The molecule has 1 saturated heterocycles. The summed E-state index contributed by atoms with van der Waals surface area (Å²) in [7, 11) is 2.00. The number of halogens is 2. The van der Waals surface area contributed by atoms with Crippen molar-refractivity contribution in [2.75, 3.05) is 33.4 Å². The zero-order valence-corrected chi connectivity index (χ0v) is 14.2. The third kappa shape index (κ3) is 5.96. The Bertz CT molecular complexity index is 534. The third-order valence-electron chi connectivity index (χ3n) is 3.79. The molecule has 0 aromatic heterocycles. The SMILES string of the molecule is CCNC(=NCc1cccc(OC(F)F)c1)N(C)CC1CCOC1. The van der Waals surface area contributed by atoms with Gasteiger partial charge in [0.1, 0.15) is 5.75 Å². The van der Waals surface area contributed by atoms with E-state index in [-0.39, 0.29) is 5.75 Å². The maximum atomic E-state index is 12.3. The molecule has 1 aliphatic heterocycles. The predicted molar refractivity (Wildman–Crippen MR) is 89.4 cm³/mol. The minimum Gasteiger partial charge on any atom is -0.435 e. The van der Waals surface area contributed by atoms with E-state index in [9.17, 15) is 8.78 Å². The van der Waals surface area contributed by atoms with Gasteiger partial charge in [-0.1, -0.05) is 12.1 Å². The molecule has 0 aliphatic carbocycles. The van der Waals surface area contributed by atoms with Crippen molar-refractivity contribution in [3.05, 3.63) is 29.8 Å². The highest BCUT2D eigenvalue weighted by Crippen LogP contribution is 2.17. The highest BCUT2D eigenvalue weighted by Gasteiger charge is 2.19. The lowest BCUT2D eigenvalue weighted by Crippen LogP contribution is -2.41. The third-order valence-corrected chi connectivity index (χ3v) is 3.79. The van der Waals surface area contributed by atoms with E-state index in [0.29, 0.717) is 12.5 Å². The van der Waals surface area contributed by atoms with Crippen LogP contribution < -0.4 is 10.1 Å². The van der Waals surface area contributed by atoms with Crippen LogP contribution in [0.25, 0.3) is 0 Å². The molecule has 5 nitrogen and oxygen atoms in total. The molecular formula is C17H25F2N3O2. The maximum Gasteiger partial charge on any atom is 0.387 e. The van der Waals surface area contributed by atoms with Crippen LogP contribution in [0.2, 0.25) is 0 Å². The lowest BCUT2D eigenvalue weighted by atomic mass is 10.1. The summed E-state index contributed by atoms with van der Waals surface area (Å²) in [6, 6.07) is 6.63. The van der Waals surface area contributed by atoms with Gasteiger partial charge in [-0.05, 0) is 31.0 Å². The molecular weight excluding hydrogens is 316 g/mol. The summed E-state index contributed by atoms with van der Waals surface area (Å²) in [5, 5.41) is 3.26. The smallest absolute Gasteiger partial charge is 0.387 e. The fourth-order valence-electron chi connectivity index (χ4n) is 2.66. The van der Waals surface area contributed by atoms with Crippen molar-refractivity contribution >= 4 is 5.96 Å². The Morgan fingerprint density at radius 2 is 2.33 bits per heavy atom. The molecule has 24 heavy (non-hydrogen) atoms. The van der Waals surface area contributed by atoms with E-state index in [2.05, 4.69) is 19.9 Å². The number of nitrogens with one attached hydrogen (secondary N) is 1. The Kier molecular flexibility index (Phi) is 7.24. The zero-order chi connectivity index (χ0) is 17.4. The topological polar surface area (TPSA) is 46.1 Å². The maximum absolute atomic E-state index is 12.3. The summed E-state index contributed by atoms with van der Waals surface area (Å²) >= 11 is 0. The molecule has 1 heterocycles. The number of benzene rings is 1. The Labute approximate surface area is 141 Å². The van der Waals surface area contributed by atoms with E-state index in [0.717, 1.165) is 44.2 Å². The summed E-state index contributed by atoms with van der Waals surface area (Å²) in [5.74, 6) is 1.46. The van der Waals surface area contributed by atoms with Gasteiger partial charge in [-0.3, -0.25) is 0 Å².